The number of aromatic amines is 1. The second-order valence-corrected chi connectivity index (χ2v) is 5.82. The molecule has 2 aromatic heterocycles. The van der Waals surface area contributed by atoms with Crippen LogP contribution in [0.2, 0.25) is 0 Å². The molecule has 0 fully saturated rings. The molecule has 0 saturated carbocycles. The zero-order valence-electron chi connectivity index (χ0n) is 13.8. The number of benzene rings is 1. The van der Waals surface area contributed by atoms with Crippen molar-refractivity contribution in [2.75, 3.05) is 6.61 Å². The van der Waals surface area contributed by atoms with Crippen LogP contribution in [0.4, 0.5) is 0 Å². The van der Waals surface area contributed by atoms with Crippen LogP contribution in [0.1, 0.15) is 34.0 Å². The molecular weight excluding hydrogens is 288 g/mol. The molecule has 120 valence electrons. The number of aromatic nitrogens is 2. The fourth-order valence-electron chi connectivity index (χ4n) is 2.70. The molecule has 2 heterocycles. The molecule has 0 aliphatic carbocycles. The first-order chi connectivity index (χ1) is 11.1. The molecule has 4 heteroatoms. The SMILES string of the molecule is Cc1nc(CCOc2cccc(Cc3c[nH]cc3C)c2)c(C)o1. The predicted molar refractivity (Wildman–Crippen MR) is 90.0 cm³/mol. The summed E-state index contributed by atoms with van der Waals surface area (Å²) in [7, 11) is 0. The van der Waals surface area contributed by atoms with E-state index in [0.29, 0.717) is 12.5 Å². The van der Waals surface area contributed by atoms with Crippen LogP contribution in [0.3, 0.4) is 0 Å². The van der Waals surface area contributed by atoms with E-state index in [9.17, 15) is 0 Å². The number of H-pyrrole nitrogens is 1. The van der Waals surface area contributed by atoms with Crippen molar-refractivity contribution in [2.45, 2.75) is 33.6 Å². The number of hydrogen-bond donors (Lipinski definition) is 1. The molecule has 0 unspecified atom stereocenters. The van der Waals surface area contributed by atoms with Crippen LogP contribution in [0.5, 0.6) is 5.75 Å². The molecule has 0 bridgehead atoms. The fourth-order valence-corrected chi connectivity index (χ4v) is 2.70. The van der Waals surface area contributed by atoms with Gasteiger partial charge >= 0.3 is 0 Å². The molecular formula is C19H22N2O2. The molecule has 0 radical (unpaired) electrons. The quantitative estimate of drug-likeness (QED) is 0.744. The highest BCUT2D eigenvalue weighted by molar-refractivity contribution is 5.34. The Morgan fingerprint density at radius 3 is 2.74 bits per heavy atom. The van der Waals surface area contributed by atoms with Gasteiger partial charge in [-0.2, -0.15) is 0 Å². The minimum Gasteiger partial charge on any atom is -0.493 e. The topological polar surface area (TPSA) is 51.0 Å². The number of hydrogen-bond acceptors (Lipinski definition) is 3. The third kappa shape index (κ3) is 3.83. The first kappa shape index (κ1) is 15.4. The van der Waals surface area contributed by atoms with Gasteiger partial charge in [-0.25, -0.2) is 4.98 Å². The summed E-state index contributed by atoms with van der Waals surface area (Å²) in [6, 6.07) is 8.27. The summed E-state index contributed by atoms with van der Waals surface area (Å²) in [5, 5.41) is 0. The second-order valence-electron chi connectivity index (χ2n) is 5.82. The Kier molecular flexibility index (Phi) is 4.51. The number of oxazole rings is 1. The Morgan fingerprint density at radius 1 is 1.17 bits per heavy atom. The molecule has 1 aromatic carbocycles. The van der Waals surface area contributed by atoms with Crippen molar-refractivity contribution in [1.82, 2.24) is 9.97 Å². The zero-order valence-corrected chi connectivity index (χ0v) is 13.8. The normalized spacial score (nSPS) is 10.9. The maximum absolute atomic E-state index is 5.87. The van der Waals surface area contributed by atoms with Crippen LogP contribution >= 0.6 is 0 Å². The molecule has 3 rings (SSSR count). The third-order valence-corrected chi connectivity index (χ3v) is 3.96. The molecule has 23 heavy (non-hydrogen) atoms. The van der Waals surface area contributed by atoms with E-state index in [0.717, 1.165) is 30.0 Å². The van der Waals surface area contributed by atoms with Crippen molar-refractivity contribution in [1.29, 1.82) is 0 Å². The summed E-state index contributed by atoms with van der Waals surface area (Å²) in [4.78, 5) is 7.51. The summed E-state index contributed by atoms with van der Waals surface area (Å²) in [5.41, 5.74) is 4.82. The summed E-state index contributed by atoms with van der Waals surface area (Å²) in [6.45, 7) is 6.52. The fraction of sp³-hybridized carbons (Fsp3) is 0.316. The highest BCUT2D eigenvalue weighted by atomic mass is 16.5. The van der Waals surface area contributed by atoms with Crippen molar-refractivity contribution in [2.24, 2.45) is 0 Å². The molecule has 1 N–H and O–H groups in total. The van der Waals surface area contributed by atoms with E-state index in [1.807, 2.05) is 32.2 Å². The van der Waals surface area contributed by atoms with Crippen molar-refractivity contribution in [3.8, 4) is 5.75 Å². The summed E-state index contributed by atoms with van der Waals surface area (Å²) < 4.78 is 11.3. The van der Waals surface area contributed by atoms with E-state index in [2.05, 4.69) is 35.2 Å². The van der Waals surface area contributed by atoms with Crippen LogP contribution in [0, 0.1) is 20.8 Å². The number of nitrogens with one attached hydrogen (secondary N) is 1. The van der Waals surface area contributed by atoms with Gasteiger partial charge in [-0.1, -0.05) is 12.1 Å². The van der Waals surface area contributed by atoms with Gasteiger partial charge in [0.1, 0.15) is 11.5 Å². The number of ether oxygens (including phenoxy) is 1. The lowest BCUT2D eigenvalue weighted by atomic mass is 10.0. The Morgan fingerprint density at radius 2 is 2.04 bits per heavy atom. The molecule has 0 atom stereocenters. The first-order valence-corrected chi connectivity index (χ1v) is 7.88. The number of aryl methyl sites for hydroxylation is 3. The monoisotopic (exact) mass is 310 g/mol. The lowest BCUT2D eigenvalue weighted by Crippen LogP contribution is -2.03. The molecule has 4 nitrogen and oxygen atoms in total. The Bertz CT molecular complexity index is 786. The average molecular weight is 310 g/mol. The maximum Gasteiger partial charge on any atom is 0.191 e. The molecule has 0 saturated heterocycles. The number of nitrogens with zero attached hydrogens (tertiary/aromatic N) is 1. The van der Waals surface area contributed by atoms with Crippen LogP contribution < -0.4 is 4.74 Å². The van der Waals surface area contributed by atoms with Crippen molar-refractivity contribution >= 4 is 0 Å². The zero-order chi connectivity index (χ0) is 16.2. The van der Waals surface area contributed by atoms with Crippen LogP contribution in [-0.4, -0.2) is 16.6 Å². The van der Waals surface area contributed by atoms with Crippen LogP contribution in [0.25, 0.3) is 0 Å². The second kappa shape index (κ2) is 6.73. The van der Waals surface area contributed by atoms with E-state index >= 15 is 0 Å². The highest BCUT2D eigenvalue weighted by Gasteiger charge is 2.07. The lowest BCUT2D eigenvalue weighted by molar-refractivity contribution is 0.319. The van der Waals surface area contributed by atoms with Gasteiger partial charge < -0.3 is 14.1 Å². The largest absolute Gasteiger partial charge is 0.493 e. The van der Waals surface area contributed by atoms with Gasteiger partial charge in [0.15, 0.2) is 5.89 Å². The van der Waals surface area contributed by atoms with Crippen LogP contribution in [-0.2, 0) is 12.8 Å². The van der Waals surface area contributed by atoms with Gasteiger partial charge in [0.25, 0.3) is 0 Å². The van der Waals surface area contributed by atoms with Crippen LogP contribution in [0.15, 0.2) is 41.1 Å². The van der Waals surface area contributed by atoms with Gasteiger partial charge in [-0.15, -0.1) is 0 Å². The van der Waals surface area contributed by atoms with E-state index in [1.165, 1.54) is 16.7 Å². The van der Waals surface area contributed by atoms with E-state index < -0.39 is 0 Å². The van der Waals surface area contributed by atoms with Gasteiger partial charge in [-0.3, -0.25) is 0 Å². The molecule has 0 aliphatic rings. The highest BCUT2D eigenvalue weighted by Crippen LogP contribution is 2.19. The Balaban J connectivity index is 1.59. The first-order valence-electron chi connectivity index (χ1n) is 7.88. The molecule has 0 amide bonds. The maximum atomic E-state index is 5.87. The van der Waals surface area contributed by atoms with E-state index in [4.69, 9.17) is 9.15 Å². The van der Waals surface area contributed by atoms with Gasteiger partial charge in [0.2, 0.25) is 0 Å². The van der Waals surface area contributed by atoms with Gasteiger partial charge in [0.05, 0.1) is 12.3 Å². The average Bonchev–Trinajstić information content (AvgIpc) is 3.05. The summed E-state index contributed by atoms with van der Waals surface area (Å²) in [6.07, 6.45) is 5.74. The minimum atomic E-state index is 0.597. The molecule has 0 aliphatic heterocycles. The van der Waals surface area contributed by atoms with Gasteiger partial charge in [-0.05, 0) is 49.1 Å². The van der Waals surface area contributed by atoms with Crippen molar-refractivity contribution in [3.05, 3.63) is 70.7 Å². The minimum absolute atomic E-state index is 0.597. The van der Waals surface area contributed by atoms with Gasteiger partial charge in [0, 0.05) is 25.7 Å². The lowest BCUT2D eigenvalue weighted by Gasteiger charge is -2.08. The van der Waals surface area contributed by atoms with Crippen molar-refractivity contribution in [3.63, 3.8) is 0 Å². The molecule has 3 aromatic rings. The van der Waals surface area contributed by atoms with Crippen molar-refractivity contribution < 1.29 is 9.15 Å². The predicted octanol–water partition coefficient (Wildman–Crippen LogP) is 4.14. The summed E-state index contributed by atoms with van der Waals surface area (Å²) in [5.74, 6) is 2.48. The Labute approximate surface area is 136 Å². The van der Waals surface area contributed by atoms with E-state index in [-0.39, 0.29) is 0 Å². The van der Waals surface area contributed by atoms with E-state index in [1.54, 1.807) is 0 Å². The Hall–Kier alpha value is -2.49. The standard InChI is InChI=1S/C19H22N2O2/c1-13-11-20-12-17(13)9-16-5-4-6-18(10-16)22-8-7-19-14(2)23-15(3)21-19/h4-6,10-12,20H,7-9H2,1-3H3. The molecule has 0 spiro atoms. The summed E-state index contributed by atoms with van der Waals surface area (Å²) >= 11 is 0. The third-order valence-electron chi connectivity index (χ3n) is 3.96. The number of rotatable bonds is 6. The smallest absolute Gasteiger partial charge is 0.191 e.